The van der Waals surface area contributed by atoms with E-state index in [-0.39, 0.29) is 12.2 Å². The average molecular weight is 242 g/mol. The lowest BCUT2D eigenvalue weighted by molar-refractivity contribution is 0.160. The molecule has 0 amide bonds. The van der Waals surface area contributed by atoms with Gasteiger partial charge in [0.1, 0.15) is 13.2 Å². The van der Waals surface area contributed by atoms with Crippen LogP contribution in [0.1, 0.15) is 12.5 Å². The van der Waals surface area contributed by atoms with E-state index in [0.717, 1.165) is 0 Å². The van der Waals surface area contributed by atoms with Gasteiger partial charge in [0.25, 0.3) is 0 Å². The second-order valence-corrected chi connectivity index (χ2v) is 3.95. The number of aliphatic hydroxyl groups is 1. The van der Waals surface area contributed by atoms with Gasteiger partial charge in [-0.2, -0.15) is 0 Å². The Morgan fingerprint density at radius 1 is 1.47 bits per heavy atom. The third kappa shape index (κ3) is 2.29. The molecular weight excluding hydrogens is 227 g/mol. The molecule has 0 fully saturated rings. The Kier molecular flexibility index (Phi) is 3.38. The summed E-state index contributed by atoms with van der Waals surface area (Å²) < 4.78 is 29.6. The number of ether oxygens (including phenoxy) is 3. The SMILES string of the molecule is COc1c(F)cc2c(c1CC(C)O)OCCO2. The third-order valence-corrected chi connectivity index (χ3v) is 2.54. The van der Waals surface area contributed by atoms with Gasteiger partial charge in [0, 0.05) is 18.1 Å². The summed E-state index contributed by atoms with van der Waals surface area (Å²) in [6.45, 7) is 2.43. The Morgan fingerprint density at radius 3 is 2.82 bits per heavy atom. The van der Waals surface area contributed by atoms with E-state index in [2.05, 4.69) is 0 Å². The van der Waals surface area contributed by atoms with Crippen molar-refractivity contribution in [2.45, 2.75) is 19.4 Å². The van der Waals surface area contributed by atoms with Crippen LogP contribution in [0.2, 0.25) is 0 Å². The Labute approximate surface area is 98.9 Å². The maximum atomic E-state index is 13.7. The fourth-order valence-electron chi connectivity index (χ4n) is 1.90. The summed E-state index contributed by atoms with van der Waals surface area (Å²) >= 11 is 0. The molecule has 17 heavy (non-hydrogen) atoms. The van der Waals surface area contributed by atoms with Crippen LogP contribution in [0, 0.1) is 5.82 Å². The van der Waals surface area contributed by atoms with Crippen molar-refractivity contribution in [3.05, 3.63) is 17.4 Å². The van der Waals surface area contributed by atoms with Gasteiger partial charge >= 0.3 is 0 Å². The van der Waals surface area contributed by atoms with Crippen molar-refractivity contribution in [3.8, 4) is 17.2 Å². The molecule has 1 N–H and O–H groups in total. The number of halogens is 1. The van der Waals surface area contributed by atoms with Crippen molar-refractivity contribution < 1.29 is 23.7 Å². The first-order valence-electron chi connectivity index (χ1n) is 5.46. The molecule has 0 radical (unpaired) electrons. The Morgan fingerprint density at radius 2 is 2.18 bits per heavy atom. The van der Waals surface area contributed by atoms with Gasteiger partial charge in [-0.3, -0.25) is 0 Å². The average Bonchev–Trinajstić information content (AvgIpc) is 2.28. The van der Waals surface area contributed by atoms with Gasteiger partial charge < -0.3 is 19.3 Å². The van der Waals surface area contributed by atoms with E-state index < -0.39 is 11.9 Å². The smallest absolute Gasteiger partial charge is 0.169 e. The molecule has 2 rings (SSSR count). The van der Waals surface area contributed by atoms with E-state index in [0.29, 0.717) is 30.3 Å². The highest BCUT2D eigenvalue weighted by atomic mass is 19.1. The number of fused-ring (bicyclic) bond motifs is 1. The Bertz CT molecular complexity index is 417. The first kappa shape index (κ1) is 12.0. The molecule has 1 unspecified atom stereocenters. The number of methoxy groups -OCH3 is 1. The minimum atomic E-state index is -0.611. The molecule has 0 aliphatic carbocycles. The molecular formula is C12H15FO4. The highest BCUT2D eigenvalue weighted by Gasteiger charge is 2.24. The van der Waals surface area contributed by atoms with Gasteiger partial charge in [0.15, 0.2) is 23.1 Å². The van der Waals surface area contributed by atoms with Crippen molar-refractivity contribution in [2.24, 2.45) is 0 Å². The number of aliphatic hydroxyl groups excluding tert-OH is 1. The number of rotatable bonds is 3. The zero-order chi connectivity index (χ0) is 12.4. The number of hydrogen-bond acceptors (Lipinski definition) is 4. The number of hydrogen-bond donors (Lipinski definition) is 1. The summed E-state index contributed by atoms with van der Waals surface area (Å²) in [6, 6.07) is 1.25. The van der Waals surface area contributed by atoms with Crippen LogP contribution in [-0.4, -0.2) is 31.5 Å². The van der Waals surface area contributed by atoms with Crippen LogP contribution in [0.25, 0.3) is 0 Å². The largest absolute Gasteiger partial charge is 0.493 e. The van der Waals surface area contributed by atoms with Gasteiger partial charge in [0.05, 0.1) is 13.2 Å². The van der Waals surface area contributed by atoms with Gasteiger partial charge in [0.2, 0.25) is 0 Å². The maximum absolute atomic E-state index is 13.7. The van der Waals surface area contributed by atoms with E-state index in [9.17, 15) is 9.50 Å². The van der Waals surface area contributed by atoms with Crippen molar-refractivity contribution in [1.29, 1.82) is 0 Å². The van der Waals surface area contributed by atoms with Crippen LogP contribution in [0.5, 0.6) is 17.2 Å². The lowest BCUT2D eigenvalue weighted by Crippen LogP contribution is -2.19. The van der Waals surface area contributed by atoms with Gasteiger partial charge in [-0.1, -0.05) is 0 Å². The highest BCUT2D eigenvalue weighted by molar-refractivity contribution is 5.55. The first-order valence-corrected chi connectivity index (χ1v) is 5.46. The fraction of sp³-hybridized carbons (Fsp3) is 0.500. The maximum Gasteiger partial charge on any atom is 0.169 e. The van der Waals surface area contributed by atoms with E-state index in [4.69, 9.17) is 14.2 Å². The van der Waals surface area contributed by atoms with Crippen LogP contribution in [-0.2, 0) is 6.42 Å². The van der Waals surface area contributed by atoms with E-state index >= 15 is 0 Å². The zero-order valence-electron chi connectivity index (χ0n) is 9.83. The lowest BCUT2D eigenvalue weighted by Gasteiger charge is -2.23. The van der Waals surface area contributed by atoms with E-state index in [1.54, 1.807) is 6.92 Å². The molecule has 5 heteroatoms. The van der Waals surface area contributed by atoms with Crippen LogP contribution in [0.3, 0.4) is 0 Å². The molecule has 1 aliphatic rings. The summed E-state index contributed by atoms with van der Waals surface area (Å²) in [7, 11) is 1.39. The van der Waals surface area contributed by atoms with Crippen molar-refractivity contribution in [1.82, 2.24) is 0 Å². The van der Waals surface area contributed by atoms with E-state index in [1.807, 2.05) is 0 Å². The van der Waals surface area contributed by atoms with Crippen molar-refractivity contribution in [3.63, 3.8) is 0 Å². The molecule has 1 heterocycles. The number of benzene rings is 1. The third-order valence-electron chi connectivity index (χ3n) is 2.54. The topological polar surface area (TPSA) is 47.9 Å². The standard InChI is InChI=1S/C12H15FO4/c1-7(14)5-8-11(15-2)9(13)6-10-12(8)17-4-3-16-10/h6-7,14H,3-5H2,1-2H3. The quantitative estimate of drug-likeness (QED) is 0.873. The summed E-state index contributed by atoms with van der Waals surface area (Å²) in [4.78, 5) is 0. The summed E-state index contributed by atoms with van der Waals surface area (Å²) in [5, 5.41) is 9.44. The first-order chi connectivity index (χ1) is 8.13. The predicted molar refractivity (Wildman–Crippen MR) is 59.3 cm³/mol. The molecule has 0 saturated carbocycles. The fourth-order valence-corrected chi connectivity index (χ4v) is 1.90. The molecule has 4 nitrogen and oxygen atoms in total. The Balaban J connectivity index is 2.53. The normalized spacial score (nSPS) is 15.5. The summed E-state index contributed by atoms with van der Waals surface area (Å²) in [6.07, 6.45) is -0.354. The molecule has 1 aromatic carbocycles. The second-order valence-electron chi connectivity index (χ2n) is 3.95. The minimum Gasteiger partial charge on any atom is -0.493 e. The summed E-state index contributed by atoms with van der Waals surface area (Å²) in [5.74, 6) is 0.433. The van der Waals surface area contributed by atoms with Crippen molar-refractivity contribution >= 4 is 0 Å². The second kappa shape index (κ2) is 4.79. The van der Waals surface area contributed by atoms with Crippen LogP contribution >= 0.6 is 0 Å². The van der Waals surface area contributed by atoms with Gasteiger partial charge in [-0.15, -0.1) is 0 Å². The van der Waals surface area contributed by atoms with Gasteiger partial charge in [-0.25, -0.2) is 4.39 Å². The molecule has 1 atom stereocenters. The molecule has 0 bridgehead atoms. The molecule has 94 valence electrons. The summed E-state index contributed by atoms with van der Waals surface area (Å²) in [5.41, 5.74) is 0.511. The lowest BCUT2D eigenvalue weighted by atomic mass is 10.0. The monoisotopic (exact) mass is 242 g/mol. The molecule has 0 spiro atoms. The minimum absolute atomic E-state index is 0.107. The zero-order valence-corrected chi connectivity index (χ0v) is 9.83. The van der Waals surface area contributed by atoms with Crippen LogP contribution in [0.15, 0.2) is 6.07 Å². The molecule has 0 saturated heterocycles. The van der Waals surface area contributed by atoms with Crippen LogP contribution < -0.4 is 14.2 Å². The predicted octanol–water partition coefficient (Wildman–Crippen LogP) is 1.53. The van der Waals surface area contributed by atoms with Crippen LogP contribution in [0.4, 0.5) is 4.39 Å². The van der Waals surface area contributed by atoms with Crippen molar-refractivity contribution in [2.75, 3.05) is 20.3 Å². The molecule has 1 aromatic rings. The Hall–Kier alpha value is -1.49. The molecule has 0 aromatic heterocycles. The van der Waals surface area contributed by atoms with E-state index in [1.165, 1.54) is 13.2 Å². The van der Waals surface area contributed by atoms with Gasteiger partial charge in [-0.05, 0) is 6.92 Å². The molecule has 1 aliphatic heterocycles. The highest BCUT2D eigenvalue weighted by Crippen LogP contribution is 2.41.